The van der Waals surface area contributed by atoms with Crippen LogP contribution in [0.3, 0.4) is 0 Å². The lowest BCUT2D eigenvalue weighted by atomic mass is 10.0. The highest BCUT2D eigenvalue weighted by atomic mass is 16.5. The predicted octanol–water partition coefficient (Wildman–Crippen LogP) is 3.92. The number of nitrogens with one attached hydrogen (secondary N) is 1. The number of amides is 1. The van der Waals surface area contributed by atoms with Crippen LogP contribution >= 0.6 is 0 Å². The highest BCUT2D eigenvalue weighted by Gasteiger charge is 2.25. The minimum Gasteiger partial charge on any atom is -0.491 e. The van der Waals surface area contributed by atoms with Gasteiger partial charge in [-0.25, -0.2) is 0 Å². The summed E-state index contributed by atoms with van der Waals surface area (Å²) in [6.45, 7) is 2.72. The first-order chi connectivity index (χ1) is 13.8. The van der Waals surface area contributed by atoms with Crippen LogP contribution in [0.1, 0.15) is 34.5 Å². The molecule has 144 valence electrons. The first kappa shape index (κ1) is 17.3. The fourth-order valence-corrected chi connectivity index (χ4v) is 4.21. The smallest absolute Gasteiger partial charge is 0.254 e. The molecule has 5 nitrogen and oxygen atoms in total. The SMILES string of the molecule is O=C(c1cccc(OCC2CCCO2)c1)N1CCc2[nH]c3ccccc3c2C1. The molecule has 2 aliphatic heterocycles. The summed E-state index contributed by atoms with van der Waals surface area (Å²) in [6, 6.07) is 15.8. The number of H-pyrrole nitrogens is 1. The van der Waals surface area contributed by atoms with Crippen molar-refractivity contribution in [3.63, 3.8) is 0 Å². The number of carbonyl (C=O) groups excluding carboxylic acids is 1. The van der Waals surface area contributed by atoms with Crippen molar-refractivity contribution in [2.24, 2.45) is 0 Å². The van der Waals surface area contributed by atoms with E-state index in [-0.39, 0.29) is 12.0 Å². The number of para-hydroxylation sites is 1. The van der Waals surface area contributed by atoms with Crippen LogP contribution in [0.4, 0.5) is 0 Å². The molecule has 5 heteroatoms. The molecule has 1 saturated heterocycles. The van der Waals surface area contributed by atoms with Gasteiger partial charge in [0.25, 0.3) is 5.91 Å². The van der Waals surface area contributed by atoms with Crippen molar-refractivity contribution in [3.8, 4) is 5.75 Å². The Bertz CT molecular complexity index is 1000. The Balaban J connectivity index is 1.31. The van der Waals surface area contributed by atoms with Gasteiger partial charge in [-0.2, -0.15) is 0 Å². The minimum absolute atomic E-state index is 0.0542. The number of hydrogen-bond acceptors (Lipinski definition) is 3. The molecule has 2 aromatic carbocycles. The second kappa shape index (κ2) is 7.32. The van der Waals surface area contributed by atoms with E-state index in [1.54, 1.807) is 0 Å². The lowest BCUT2D eigenvalue weighted by Crippen LogP contribution is -2.35. The molecule has 1 amide bonds. The van der Waals surface area contributed by atoms with Gasteiger partial charge < -0.3 is 19.4 Å². The van der Waals surface area contributed by atoms with Crippen LogP contribution in [0.5, 0.6) is 5.75 Å². The van der Waals surface area contributed by atoms with Crippen LogP contribution < -0.4 is 4.74 Å². The topological polar surface area (TPSA) is 54.6 Å². The largest absolute Gasteiger partial charge is 0.491 e. The molecule has 0 spiro atoms. The highest BCUT2D eigenvalue weighted by Crippen LogP contribution is 2.28. The van der Waals surface area contributed by atoms with Gasteiger partial charge in [0.2, 0.25) is 0 Å². The van der Waals surface area contributed by atoms with E-state index in [2.05, 4.69) is 17.1 Å². The number of ether oxygens (including phenoxy) is 2. The Morgan fingerprint density at radius 1 is 1.21 bits per heavy atom. The molecule has 1 N–H and O–H groups in total. The van der Waals surface area contributed by atoms with E-state index in [1.165, 1.54) is 16.6 Å². The third kappa shape index (κ3) is 3.27. The summed E-state index contributed by atoms with van der Waals surface area (Å²) >= 11 is 0. The number of nitrogens with zero attached hydrogens (tertiary/aromatic N) is 1. The van der Waals surface area contributed by atoms with Gasteiger partial charge in [0.05, 0.1) is 6.10 Å². The van der Waals surface area contributed by atoms with E-state index in [1.807, 2.05) is 41.3 Å². The molecule has 28 heavy (non-hydrogen) atoms. The average Bonchev–Trinajstić information content (AvgIpc) is 3.39. The molecule has 2 aliphatic rings. The van der Waals surface area contributed by atoms with Crippen molar-refractivity contribution in [1.82, 2.24) is 9.88 Å². The molecule has 1 aromatic heterocycles. The van der Waals surface area contributed by atoms with Crippen molar-refractivity contribution in [1.29, 1.82) is 0 Å². The van der Waals surface area contributed by atoms with Gasteiger partial charge in [-0.1, -0.05) is 24.3 Å². The zero-order valence-corrected chi connectivity index (χ0v) is 15.8. The molecular weight excluding hydrogens is 352 g/mol. The van der Waals surface area contributed by atoms with Crippen molar-refractivity contribution >= 4 is 16.8 Å². The highest BCUT2D eigenvalue weighted by molar-refractivity contribution is 5.95. The quantitative estimate of drug-likeness (QED) is 0.751. The molecule has 0 saturated carbocycles. The number of hydrogen-bond donors (Lipinski definition) is 1. The number of carbonyl (C=O) groups is 1. The average molecular weight is 376 g/mol. The lowest BCUT2D eigenvalue weighted by Gasteiger charge is -2.27. The van der Waals surface area contributed by atoms with Crippen molar-refractivity contribution in [3.05, 3.63) is 65.4 Å². The Kier molecular flexibility index (Phi) is 4.53. The molecule has 1 fully saturated rings. The van der Waals surface area contributed by atoms with Crippen LogP contribution in [-0.4, -0.2) is 41.7 Å². The van der Waals surface area contributed by atoms with E-state index in [0.29, 0.717) is 18.7 Å². The molecule has 1 unspecified atom stereocenters. The third-order valence-electron chi connectivity index (χ3n) is 5.71. The second-order valence-electron chi connectivity index (χ2n) is 7.58. The molecule has 3 aromatic rings. The summed E-state index contributed by atoms with van der Waals surface area (Å²) in [5, 5.41) is 1.21. The van der Waals surface area contributed by atoms with Crippen molar-refractivity contribution in [2.75, 3.05) is 19.8 Å². The van der Waals surface area contributed by atoms with Gasteiger partial charge in [0.15, 0.2) is 0 Å². The number of aromatic nitrogens is 1. The molecule has 1 atom stereocenters. The summed E-state index contributed by atoms with van der Waals surface area (Å²) in [7, 11) is 0. The van der Waals surface area contributed by atoms with Crippen LogP contribution in [0.2, 0.25) is 0 Å². The monoisotopic (exact) mass is 376 g/mol. The van der Waals surface area contributed by atoms with Gasteiger partial charge in [-0.05, 0) is 37.1 Å². The summed E-state index contributed by atoms with van der Waals surface area (Å²) in [4.78, 5) is 18.5. The molecule has 0 bridgehead atoms. The summed E-state index contributed by atoms with van der Waals surface area (Å²) in [5.41, 5.74) is 4.30. The maximum absolute atomic E-state index is 13.1. The van der Waals surface area contributed by atoms with Crippen LogP contribution in [0, 0.1) is 0 Å². The van der Waals surface area contributed by atoms with E-state index in [9.17, 15) is 4.79 Å². The van der Waals surface area contributed by atoms with Crippen LogP contribution in [0.15, 0.2) is 48.5 Å². The number of rotatable bonds is 4. The Labute approximate surface area is 164 Å². The zero-order valence-electron chi connectivity index (χ0n) is 15.8. The third-order valence-corrected chi connectivity index (χ3v) is 5.71. The Morgan fingerprint density at radius 2 is 2.14 bits per heavy atom. The maximum Gasteiger partial charge on any atom is 0.254 e. The van der Waals surface area contributed by atoms with Gasteiger partial charge in [0.1, 0.15) is 12.4 Å². The molecule has 5 rings (SSSR count). The van der Waals surface area contributed by atoms with E-state index >= 15 is 0 Å². The predicted molar refractivity (Wildman–Crippen MR) is 108 cm³/mol. The summed E-state index contributed by atoms with van der Waals surface area (Å²) in [6.07, 6.45) is 3.16. The zero-order chi connectivity index (χ0) is 18.9. The summed E-state index contributed by atoms with van der Waals surface area (Å²) in [5.74, 6) is 0.782. The van der Waals surface area contributed by atoms with Crippen molar-refractivity contribution < 1.29 is 14.3 Å². The van der Waals surface area contributed by atoms with Gasteiger partial charge >= 0.3 is 0 Å². The van der Waals surface area contributed by atoms with E-state index < -0.39 is 0 Å². The normalized spacial score (nSPS) is 19.0. The fraction of sp³-hybridized carbons (Fsp3) is 0.348. The molecule has 3 heterocycles. The van der Waals surface area contributed by atoms with Crippen molar-refractivity contribution in [2.45, 2.75) is 31.9 Å². The Hall–Kier alpha value is -2.79. The summed E-state index contributed by atoms with van der Waals surface area (Å²) < 4.78 is 11.5. The Morgan fingerprint density at radius 3 is 3.04 bits per heavy atom. The standard InChI is InChI=1S/C23H24N2O3/c26-23(16-5-3-6-17(13-16)28-15-18-7-4-12-27-18)25-11-10-22-20(14-25)19-8-1-2-9-21(19)24-22/h1-3,5-6,8-9,13,18,24H,4,7,10-12,14-15H2. The van der Waals surface area contributed by atoms with Gasteiger partial charge in [0, 0.05) is 53.8 Å². The van der Waals surface area contributed by atoms with E-state index in [0.717, 1.165) is 43.7 Å². The number of aromatic amines is 1. The van der Waals surface area contributed by atoms with Gasteiger partial charge in [-0.3, -0.25) is 4.79 Å². The number of fused-ring (bicyclic) bond motifs is 3. The first-order valence-electron chi connectivity index (χ1n) is 10.00. The fourth-order valence-electron chi connectivity index (χ4n) is 4.21. The van der Waals surface area contributed by atoms with E-state index in [4.69, 9.17) is 9.47 Å². The lowest BCUT2D eigenvalue weighted by molar-refractivity contribution is 0.0676. The molecule has 0 aliphatic carbocycles. The first-order valence-corrected chi connectivity index (χ1v) is 10.00. The second-order valence-corrected chi connectivity index (χ2v) is 7.58. The van der Waals surface area contributed by atoms with Crippen LogP contribution in [-0.2, 0) is 17.7 Å². The maximum atomic E-state index is 13.1. The number of benzene rings is 2. The minimum atomic E-state index is 0.0542. The molecular formula is C23H24N2O3. The van der Waals surface area contributed by atoms with Gasteiger partial charge in [-0.15, -0.1) is 0 Å². The molecule has 0 radical (unpaired) electrons. The van der Waals surface area contributed by atoms with Crippen LogP contribution in [0.25, 0.3) is 10.9 Å².